The van der Waals surface area contributed by atoms with Gasteiger partial charge in [-0.05, 0) is 24.6 Å². The Hall–Kier alpha value is -3.06. The molecule has 4 rings (SSSR count). The zero-order valence-corrected chi connectivity index (χ0v) is 15.4. The monoisotopic (exact) mass is 379 g/mol. The third kappa shape index (κ3) is 3.46. The highest BCUT2D eigenvalue weighted by Gasteiger charge is 2.14. The van der Waals surface area contributed by atoms with Gasteiger partial charge in [-0.3, -0.25) is 0 Å². The third-order valence-corrected chi connectivity index (χ3v) is 5.25. The van der Waals surface area contributed by atoms with Crippen molar-refractivity contribution in [3.8, 4) is 17.1 Å². The fraction of sp³-hybridized carbons (Fsp3) is 0.150. The first kappa shape index (κ1) is 17.4. The van der Waals surface area contributed by atoms with E-state index in [1.807, 2.05) is 30.3 Å². The van der Waals surface area contributed by atoms with E-state index in [-0.39, 0.29) is 5.75 Å². The van der Waals surface area contributed by atoms with Crippen molar-refractivity contribution in [2.24, 2.45) is 0 Å². The van der Waals surface area contributed by atoms with Crippen LogP contribution in [0.4, 0.5) is 0 Å². The van der Waals surface area contributed by atoms with E-state index in [9.17, 15) is 9.90 Å². The first-order chi connectivity index (χ1) is 13.2. The summed E-state index contributed by atoms with van der Waals surface area (Å²) < 4.78 is 7.24. The molecular formula is C20H17N3O3S. The quantitative estimate of drug-likeness (QED) is 0.416. The summed E-state index contributed by atoms with van der Waals surface area (Å²) in [4.78, 5) is 11.8. The second kappa shape index (κ2) is 7.28. The number of phenolic OH excluding ortho intramolecular Hbond substituents is 1. The summed E-state index contributed by atoms with van der Waals surface area (Å²) in [7, 11) is 0. The Bertz CT molecular complexity index is 1150. The molecule has 0 saturated carbocycles. The Kier molecular flexibility index (Phi) is 4.68. The van der Waals surface area contributed by atoms with Crippen LogP contribution >= 0.6 is 11.8 Å². The molecule has 4 aromatic rings. The van der Waals surface area contributed by atoms with E-state index in [1.54, 1.807) is 12.1 Å². The SMILES string of the molecule is CCn1c(SCc2cc(=O)oc3cc(O)ccc23)nnc1-c1ccccc1. The summed E-state index contributed by atoms with van der Waals surface area (Å²) >= 11 is 1.51. The lowest BCUT2D eigenvalue weighted by molar-refractivity contribution is 0.473. The number of phenols is 1. The highest BCUT2D eigenvalue weighted by molar-refractivity contribution is 7.98. The largest absolute Gasteiger partial charge is 0.508 e. The van der Waals surface area contributed by atoms with Crippen molar-refractivity contribution in [3.63, 3.8) is 0 Å². The van der Waals surface area contributed by atoms with Crippen LogP contribution < -0.4 is 5.63 Å². The molecular weight excluding hydrogens is 362 g/mol. The van der Waals surface area contributed by atoms with Crippen molar-refractivity contribution in [1.29, 1.82) is 0 Å². The molecule has 2 aromatic carbocycles. The lowest BCUT2D eigenvalue weighted by Gasteiger charge is -2.08. The lowest BCUT2D eigenvalue weighted by atomic mass is 10.1. The molecule has 2 aromatic heterocycles. The summed E-state index contributed by atoms with van der Waals surface area (Å²) in [5.74, 6) is 1.43. The summed E-state index contributed by atoms with van der Waals surface area (Å²) in [5, 5.41) is 19.9. The summed E-state index contributed by atoms with van der Waals surface area (Å²) in [6, 6.07) is 16.2. The van der Waals surface area contributed by atoms with Crippen molar-refractivity contribution < 1.29 is 9.52 Å². The van der Waals surface area contributed by atoms with Crippen LogP contribution in [0.1, 0.15) is 12.5 Å². The molecule has 0 aliphatic carbocycles. The van der Waals surface area contributed by atoms with Gasteiger partial charge >= 0.3 is 5.63 Å². The molecule has 0 atom stereocenters. The molecule has 0 aliphatic rings. The van der Waals surface area contributed by atoms with Gasteiger partial charge in [0, 0.05) is 35.4 Å². The molecule has 1 N–H and O–H groups in total. The zero-order chi connectivity index (χ0) is 18.8. The Morgan fingerprint density at radius 3 is 2.70 bits per heavy atom. The maximum atomic E-state index is 11.8. The van der Waals surface area contributed by atoms with Crippen molar-refractivity contribution in [2.45, 2.75) is 24.4 Å². The molecule has 136 valence electrons. The van der Waals surface area contributed by atoms with Crippen LogP contribution in [0.2, 0.25) is 0 Å². The average molecular weight is 379 g/mol. The Balaban J connectivity index is 1.66. The maximum absolute atomic E-state index is 11.8. The predicted octanol–water partition coefficient (Wildman–Crippen LogP) is 4.07. The van der Waals surface area contributed by atoms with Crippen molar-refractivity contribution in [3.05, 3.63) is 70.6 Å². The van der Waals surface area contributed by atoms with Gasteiger partial charge in [-0.1, -0.05) is 42.1 Å². The molecule has 6 nitrogen and oxygen atoms in total. The molecule has 0 fully saturated rings. The average Bonchev–Trinajstić information content (AvgIpc) is 3.09. The number of aromatic nitrogens is 3. The minimum Gasteiger partial charge on any atom is -0.508 e. The van der Waals surface area contributed by atoms with Crippen LogP contribution in [0.15, 0.2) is 69.0 Å². The molecule has 0 aliphatic heterocycles. The van der Waals surface area contributed by atoms with Gasteiger partial charge in [-0.15, -0.1) is 10.2 Å². The fourth-order valence-corrected chi connectivity index (χ4v) is 3.96. The smallest absolute Gasteiger partial charge is 0.336 e. The van der Waals surface area contributed by atoms with Crippen LogP contribution in [-0.4, -0.2) is 19.9 Å². The van der Waals surface area contributed by atoms with Gasteiger partial charge in [0.25, 0.3) is 0 Å². The maximum Gasteiger partial charge on any atom is 0.336 e. The Morgan fingerprint density at radius 2 is 1.93 bits per heavy atom. The molecule has 0 saturated heterocycles. The molecule has 0 unspecified atom stereocenters. The predicted molar refractivity (Wildman–Crippen MR) is 105 cm³/mol. The second-order valence-corrected chi connectivity index (χ2v) is 6.92. The molecule has 0 bridgehead atoms. The van der Waals surface area contributed by atoms with Crippen molar-refractivity contribution >= 4 is 22.7 Å². The van der Waals surface area contributed by atoms with E-state index in [4.69, 9.17) is 4.42 Å². The van der Waals surface area contributed by atoms with Crippen LogP contribution in [0.25, 0.3) is 22.4 Å². The summed E-state index contributed by atoms with van der Waals surface area (Å²) in [5.41, 5.74) is 1.78. The molecule has 2 heterocycles. The van der Waals surface area contributed by atoms with Crippen LogP contribution in [0.5, 0.6) is 5.75 Å². The van der Waals surface area contributed by atoms with Crippen LogP contribution in [0.3, 0.4) is 0 Å². The normalized spacial score (nSPS) is 11.1. The van der Waals surface area contributed by atoms with Gasteiger partial charge in [-0.25, -0.2) is 4.79 Å². The van der Waals surface area contributed by atoms with Gasteiger partial charge in [0.05, 0.1) is 0 Å². The fourth-order valence-electron chi connectivity index (χ4n) is 2.96. The van der Waals surface area contributed by atoms with Gasteiger partial charge in [0.15, 0.2) is 11.0 Å². The number of nitrogens with zero attached hydrogens (tertiary/aromatic N) is 3. The van der Waals surface area contributed by atoms with E-state index in [2.05, 4.69) is 21.7 Å². The number of aromatic hydroxyl groups is 1. The Morgan fingerprint density at radius 1 is 1.11 bits per heavy atom. The number of hydrogen-bond acceptors (Lipinski definition) is 6. The lowest BCUT2D eigenvalue weighted by Crippen LogP contribution is -2.02. The van der Waals surface area contributed by atoms with E-state index >= 15 is 0 Å². The topological polar surface area (TPSA) is 81.2 Å². The number of fused-ring (bicyclic) bond motifs is 1. The van der Waals surface area contributed by atoms with Crippen LogP contribution in [0, 0.1) is 0 Å². The minimum atomic E-state index is -0.439. The Labute approximate surface area is 159 Å². The molecule has 0 spiro atoms. The molecule has 0 amide bonds. The standard InChI is InChI=1S/C20H17N3O3S/c1-2-23-19(13-6-4-3-5-7-13)21-22-20(23)27-12-14-10-18(25)26-17-11-15(24)8-9-16(14)17/h3-11,24H,2,12H2,1H3. The van der Waals surface area contributed by atoms with E-state index in [0.717, 1.165) is 34.0 Å². The van der Waals surface area contributed by atoms with Gasteiger partial charge < -0.3 is 14.1 Å². The summed E-state index contributed by atoms with van der Waals surface area (Å²) in [6.07, 6.45) is 0. The summed E-state index contributed by atoms with van der Waals surface area (Å²) in [6.45, 7) is 2.79. The number of rotatable bonds is 5. The number of thioether (sulfide) groups is 1. The number of benzene rings is 2. The highest BCUT2D eigenvalue weighted by Crippen LogP contribution is 2.29. The molecule has 0 radical (unpaired) electrons. The highest BCUT2D eigenvalue weighted by atomic mass is 32.2. The van der Waals surface area contributed by atoms with Crippen LogP contribution in [-0.2, 0) is 12.3 Å². The second-order valence-electron chi connectivity index (χ2n) is 5.98. The zero-order valence-electron chi connectivity index (χ0n) is 14.6. The minimum absolute atomic E-state index is 0.0636. The van der Waals surface area contributed by atoms with E-state index < -0.39 is 5.63 Å². The first-order valence-electron chi connectivity index (χ1n) is 8.53. The van der Waals surface area contributed by atoms with Crippen molar-refractivity contribution in [2.75, 3.05) is 0 Å². The van der Waals surface area contributed by atoms with E-state index in [0.29, 0.717) is 11.3 Å². The third-order valence-electron chi connectivity index (χ3n) is 4.24. The van der Waals surface area contributed by atoms with E-state index in [1.165, 1.54) is 23.9 Å². The molecule has 7 heteroatoms. The molecule has 27 heavy (non-hydrogen) atoms. The van der Waals surface area contributed by atoms with Crippen molar-refractivity contribution in [1.82, 2.24) is 14.8 Å². The van der Waals surface area contributed by atoms with Gasteiger partial charge in [-0.2, -0.15) is 0 Å². The number of hydrogen-bond donors (Lipinski definition) is 1. The first-order valence-corrected chi connectivity index (χ1v) is 9.51. The van der Waals surface area contributed by atoms with Gasteiger partial charge in [0.1, 0.15) is 11.3 Å². The van der Waals surface area contributed by atoms with Gasteiger partial charge in [0.2, 0.25) is 0 Å².